The zero-order valence-corrected chi connectivity index (χ0v) is 16.3. The van der Waals surface area contributed by atoms with E-state index >= 15 is 0 Å². The Balaban J connectivity index is 1.47. The fourth-order valence-corrected chi connectivity index (χ4v) is 2.60. The number of urea groups is 1. The van der Waals surface area contributed by atoms with Gasteiger partial charge < -0.3 is 16.0 Å². The molecule has 0 spiro atoms. The summed E-state index contributed by atoms with van der Waals surface area (Å²) in [6.45, 7) is 6.52. The standard InChI is InChI=1S/C19H21F2N7O/c1-11-12(2)27-28(13(11)3)18-7-6-17(25-26-18)22-8-9-23-19(29)24-16-10-14(20)4-5-15(16)21/h4-7,10H,8-9H2,1-3H3,(H,22,25)(H2,23,24,29). The zero-order valence-electron chi connectivity index (χ0n) is 16.3. The summed E-state index contributed by atoms with van der Waals surface area (Å²) in [5.74, 6) is -0.210. The molecule has 8 nitrogen and oxygen atoms in total. The van der Waals surface area contributed by atoms with E-state index in [1.807, 2.05) is 20.8 Å². The highest BCUT2D eigenvalue weighted by Crippen LogP contribution is 2.16. The molecular weight excluding hydrogens is 380 g/mol. The molecule has 0 aliphatic carbocycles. The van der Waals surface area contributed by atoms with Crippen LogP contribution in [0.25, 0.3) is 5.82 Å². The Morgan fingerprint density at radius 1 is 1.07 bits per heavy atom. The van der Waals surface area contributed by atoms with Crippen LogP contribution in [0.4, 0.5) is 25.1 Å². The van der Waals surface area contributed by atoms with E-state index in [2.05, 4.69) is 31.2 Å². The number of aryl methyl sites for hydroxylation is 1. The van der Waals surface area contributed by atoms with Gasteiger partial charge in [-0.25, -0.2) is 18.3 Å². The summed E-state index contributed by atoms with van der Waals surface area (Å²) >= 11 is 0. The summed E-state index contributed by atoms with van der Waals surface area (Å²) in [6, 6.07) is 5.75. The number of anilines is 2. The molecule has 2 amide bonds. The largest absolute Gasteiger partial charge is 0.367 e. The van der Waals surface area contributed by atoms with E-state index in [4.69, 9.17) is 0 Å². The van der Waals surface area contributed by atoms with Crippen molar-refractivity contribution in [2.45, 2.75) is 20.8 Å². The van der Waals surface area contributed by atoms with Gasteiger partial charge in [0, 0.05) is 24.8 Å². The van der Waals surface area contributed by atoms with Crippen molar-refractivity contribution in [1.29, 1.82) is 0 Å². The molecule has 3 aromatic rings. The number of aromatic nitrogens is 4. The Morgan fingerprint density at radius 3 is 2.52 bits per heavy atom. The minimum atomic E-state index is -0.715. The lowest BCUT2D eigenvalue weighted by molar-refractivity contribution is 0.252. The predicted octanol–water partition coefficient (Wildman–Crippen LogP) is 3.10. The van der Waals surface area contributed by atoms with Crippen LogP contribution in [-0.4, -0.2) is 39.1 Å². The van der Waals surface area contributed by atoms with Gasteiger partial charge in [0.15, 0.2) is 5.82 Å². The van der Waals surface area contributed by atoms with Crippen LogP contribution in [0.3, 0.4) is 0 Å². The summed E-state index contributed by atoms with van der Waals surface area (Å²) in [6.07, 6.45) is 0. The van der Waals surface area contributed by atoms with E-state index in [0.717, 1.165) is 35.2 Å². The number of carbonyl (C=O) groups excluding carboxylic acids is 1. The monoisotopic (exact) mass is 401 g/mol. The highest BCUT2D eigenvalue weighted by atomic mass is 19.1. The van der Waals surface area contributed by atoms with Gasteiger partial charge in [-0.1, -0.05) is 0 Å². The second kappa shape index (κ2) is 8.63. The average Bonchev–Trinajstić information content (AvgIpc) is 2.96. The number of nitrogens with one attached hydrogen (secondary N) is 3. The summed E-state index contributed by atoms with van der Waals surface area (Å²) < 4.78 is 28.3. The number of amides is 2. The fraction of sp³-hybridized carbons (Fsp3) is 0.263. The number of carbonyl (C=O) groups is 1. The van der Waals surface area contributed by atoms with Crippen LogP contribution in [0.2, 0.25) is 0 Å². The minimum absolute atomic E-state index is 0.226. The smallest absolute Gasteiger partial charge is 0.319 e. The molecule has 0 atom stereocenters. The Kier molecular flexibility index (Phi) is 6.01. The van der Waals surface area contributed by atoms with E-state index in [1.165, 1.54) is 0 Å². The van der Waals surface area contributed by atoms with E-state index in [1.54, 1.807) is 16.8 Å². The number of benzene rings is 1. The Hall–Kier alpha value is -3.56. The molecule has 2 aromatic heterocycles. The maximum absolute atomic E-state index is 13.5. The average molecular weight is 401 g/mol. The molecule has 152 valence electrons. The van der Waals surface area contributed by atoms with Gasteiger partial charge >= 0.3 is 6.03 Å². The van der Waals surface area contributed by atoms with Gasteiger partial charge in [0.25, 0.3) is 0 Å². The fourth-order valence-electron chi connectivity index (χ4n) is 2.60. The third kappa shape index (κ3) is 4.84. The summed E-state index contributed by atoms with van der Waals surface area (Å²) in [4.78, 5) is 11.8. The molecule has 0 aliphatic heterocycles. The maximum atomic E-state index is 13.5. The molecule has 1 aromatic carbocycles. The number of nitrogens with zero attached hydrogens (tertiary/aromatic N) is 4. The number of rotatable bonds is 6. The van der Waals surface area contributed by atoms with E-state index in [-0.39, 0.29) is 12.2 Å². The first-order valence-corrected chi connectivity index (χ1v) is 8.96. The van der Waals surface area contributed by atoms with E-state index < -0.39 is 17.7 Å². The van der Waals surface area contributed by atoms with Gasteiger partial charge in [-0.2, -0.15) is 5.10 Å². The topological polar surface area (TPSA) is 96.8 Å². The minimum Gasteiger partial charge on any atom is -0.367 e. The maximum Gasteiger partial charge on any atom is 0.319 e. The molecule has 3 N–H and O–H groups in total. The zero-order chi connectivity index (χ0) is 21.0. The second-order valence-electron chi connectivity index (χ2n) is 6.42. The van der Waals surface area contributed by atoms with Crippen molar-refractivity contribution < 1.29 is 13.6 Å². The molecule has 0 unspecified atom stereocenters. The molecule has 3 rings (SSSR count). The van der Waals surface area contributed by atoms with Crippen LogP contribution in [0.5, 0.6) is 0 Å². The molecule has 0 radical (unpaired) electrons. The molecule has 0 saturated carbocycles. The first-order chi connectivity index (χ1) is 13.8. The van der Waals surface area contributed by atoms with Gasteiger partial charge in [0.05, 0.1) is 11.4 Å². The molecule has 2 heterocycles. The van der Waals surface area contributed by atoms with Crippen molar-refractivity contribution in [3.8, 4) is 5.82 Å². The van der Waals surface area contributed by atoms with Crippen LogP contribution in [0.1, 0.15) is 17.0 Å². The normalized spacial score (nSPS) is 10.7. The van der Waals surface area contributed by atoms with Crippen molar-refractivity contribution in [3.05, 3.63) is 58.9 Å². The van der Waals surface area contributed by atoms with Gasteiger partial charge in [-0.05, 0) is 50.6 Å². The quantitative estimate of drug-likeness (QED) is 0.552. The highest BCUT2D eigenvalue weighted by Gasteiger charge is 2.10. The van der Waals surface area contributed by atoms with Crippen molar-refractivity contribution in [3.63, 3.8) is 0 Å². The third-order valence-electron chi connectivity index (χ3n) is 4.41. The first-order valence-electron chi connectivity index (χ1n) is 8.96. The molecule has 29 heavy (non-hydrogen) atoms. The van der Waals surface area contributed by atoms with Crippen LogP contribution in [0, 0.1) is 32.4 Å². The van der Waals surface area contributed by atoms with E-state index in [9.17, 15) is 13.6 Å². The van der Waals surface area contributed by atoms with Crippen LogP contribution >= 0.6 is 0 Å². The van der Waals surface area contributed by atoms with Crippen molar-refractivity contribution in [2.24, 2.45) is 0 Å². The molecule has 0 aliphatic rings. The summed E-state index contributed by atoms with van der Waals surface area (Å²) in [7, 11) is 0. The van der Waals surface area contributed by atoms with Crippen LogP contribution in [0.15, 0.2) is 30.3 Å². The highest BCUT2D eigenvalue weighted by molar-refractivity contribution is 5.89. The first kappa shape index (κ1) is 20.2. The Morgan fingerprint density at radius 2 is 1.86 bits per heavy atom. The van der Waals surface area contributed by atoms with Crippen LogP contribution in [-0.2, 0) is 0 Å². The third-order valence-corrected chi connectivity index (χ3v) is 4.41. The molecule has 10 heteroatoms. The number of hydrogen-bond acceptors (Lipinski definition) is 5. The summed E-state index contributed by atoms with van der Waals surface area (Å²) in [5, 5.41) is 20.5. The predicted molar refractivity (Wildman–Crippen MR) is 105 cm³/mol. The van der Waals surface area contributed by atoms with Gasteiger partial charge in [0.2, 0.25) is 0 Å². The Bertz CT molecular complexity index is 1020. The molecular formula is C19H21F2N7O. The summed E-state index contributed by atoms with van der Waals surface area (Å²) in [5.41, 5.74) is 2.82. The van der Waals surface area contributed by atoms with Gasteiger partial charge in [-0.3, -0.25) is 0 Å². The lowest BCUT2D eigenvalue weighted by Gasteiger charge is -2.10. The SMILES string of the molecule is Cc1nn(-c2ccc(NCCNC(=O)Nc3cc(F)ccc3F)nn2)c(C)c1C. The van der Waals surface area contributed by atoms with Crippen molar-refractivity contribution >= 4 is 17.5 Å². The van der Waals surface area contributed by atoms with Crippen molar-refractivity contribution in [1.82, 2.24) is 25.3 Å². The van der Waals surface area contributed by atoms with Crippen LogP contribution < -0.4 is 16.0 Å². The van der Waals surface area contributed by atoms with Crippen molar-refractivity contribution in [2.75, 3.05) is 23.7 Å². The van der Waals surface area contributed by atoms with Gasteiger partial charge in [0.1, 0.15) is 17.5 Å². The lowest BCUT2D eigenvalue weighted by Crippen LogP contribution is -2.33. The molecule has 0 bridgehead atoms. The molecule has 0 saturated heterocycles. The molecule has 0 fully saturated rings. The Labute approximate surface area is 166 Å². The number of hydrogen-bond donors (Lipinski definition) is 3. The van der Waals surface area contributed by atoms with Gasteiger partial charge in [-0.15, -0.1) is 10.2 Å². The second-order valence-corrected chi connectivity index (χ2v) is 6.42. The number of halogens is 2. The van der Waals surface area contributed by atoms with E-state index in [0.29, 0.717) is 18.2 Å². The lowest BCUT2D eigenvalue weighted by atomic mass is 10.2.